The van der Waals surface area contributed by atoms with E-state index in [0.29, 0.717) is 24.0 Å². The van der Waals surface area contributed by atoms with Crippen molar-refractivity contribution in [2.24, 2.45) is 0 Å². The summed E-state index contributed by atoms with van der Waals surface area (Å²) in [6, 6.07) is 4.23. The van der Waals surface area contributed by atoms with Crippen LogP contribution in [0.15, 0.2) is 24.5 Å². The largest absolute Gasteiger partial charge is 0.476 e. The molecule has 0 aliphatic heterocycles. The summed E-state index contributed by atoms with van der Waals surface area (Å²) in [7, 11) is 0. The Labute approximate surface area is 114 Å². The molecule has 0 unspecified atom stereocenters. The lowest BCUT2D eigenvalue weighted by Crippen LogP contribution is -2.05. The molecule has 0 aliphatic carbocycles. The maximum atomic E-state index is 13.1. The second kappa shape index (κ2) is 5.71. The number of nitrogens with one attached hydrogen (secondary N) is 1. The number of aromatic nitrogens is 2. The molecule has 1 aromatic carbocycles. The van der Waals surface area contributed by atoms with Crippen LogP contribution in [0.25, 0.3) is 0 Å². The van der Waals surface area contributed by atoms with Gasteiger partial charge in [-0.15, -0.1) is 0 Å². The number of nitrogens with zero attached hydrogens (tertiary/aromatic N) is 2. The number of benzene rings is 1. The number of anilines is 3. The van der Waals surface area contributed by atoms with Crippen LogP contribution in [0.1, 0.15) is 6.92 Å². The zero-order chi connectivity index (χ0) is 13.8. The lowest BCUT2D eigenvalue weighted by molar-refractivity contribution is 0.328. The predicted molar refractivity (Wildman–Crippen MR) is 72.3 cm³/mol. The van der Waals surface area contributed by atoms with Crippen LogP contribution in [0.4, 0.5) is 21.6 Å². The zero-order valence-corrected chi connectivity index (χ0v) is 10.9. The van der Waals surface area contributed by atoms with Gasteiger partial charge in [0.2, 0.25) is 5.88 Å². The Bertz CT molecular complexity index is 594. The van der Waals surface area contributed by atoms with E-state index in [1.807, 2.05) is 6.92 Å². The van der Waals surface area contributed by atoms with Crippen LogP contribution in [0.5, 0.6) is 5.88 Å². The van der Waals surface area contributed by atoms with Gasteiger partial charge in [-0.2, -0.15) is 4.98 Å². The summed E-state index contributed by atoms with van der Waals surface area (Å²) in [4.78, 5) is 7.92. The van der Waals surface area contributed by atoms with Crippen molar-refractivity contribution in [3.05, 3.63) is 35.4 Å². The molecular formula is C12H12ClFN4O. The molecule has 2 aromatic rings. The number of rotatable bonds is 4. The van der Waals surface area contributed by atoms with Gasteiger partial charge in [0.15, 0.2) is 5.82 Å². The maximum absolute atomic E-state index is 13.1. The van der Waals surface area contributed by atoms with Crippen LogP contribution in [0.3, 0.4) is 0 Å². The highest BCUT2D eigenvalue weighted by Gasteiger charge is 2.09. The van der Waals surface area contributed by atoms with E-state index in [9.17, 15) is 4.39 Å². The SMILES string of the molecule is CCOc1ncnc(Nc2ccc(F)c(Cl)c2)c1N. The van der Waals surface area contributed by atoms with Crippen molar-refractivity contribution >= 4 is 28.8 Å². The highest BCUT2D eigenvalue weighted by atomic mass is 35.5. The van der Waals surface area contributed by atoms with E-state index in [4.69, 9.17) is 22.1 Å². The van der Waals surface area contributed by atoms with Gasteiger partial charge in [-0.05, 0) is 25.1 Å². The summed E-state index contributed by atoms with van der Waals surface area (Å²) >= 11 is 5.70. The Hall–Kier alpha value is -2.08. The van der Waals surface area contributed by atoms with Gasteiger partial charge in [0, 0.05) is 5.69 Å². The molecule has 0 spiro atoms. The summed E-state index contributed by atoms with van der Waals surface area (Å²) in [5, 5.41) is 2.95. The minimum Gasteiger partial charge on any atom is -0.476 e. The summed E-state index contributed by atoms with van der Waals surface area (Å²) in [5.74, 6) is 0.187. The zero-order valence-electron chi connectivity index (χ0n) is 10.2. The van der Waals surface area contributed by atoms with E-state index in [2.05, 4.69) is 15.3 Å². The van der Waals surface area contributed by atoms with Crippen LogP contribution >= 0.6 is 11.6 Å². The quantitative estimate of drug-likeness (QED) is 0.902. The highest BCUT2D eigenvalue weighted by Crippen LogP contribution is 2.28. The molecule has 3 N–H and O–H groups in total. The van der Waals surface area contributed by atoms with E-state index < -0.39 is 5.82 Å². The number of hydrogen-bond acceptors (Lipinski definition) is 5. The summed E-state index contributed by atoms with van der Waals surface area (Å²) in [5.41, 5.74) is 6.72. The van der Waals surface area contributed by atoms with Gasteiger partial charge >= 0.3 is 0 Å². The fourth-order valence-electron chi connectivity index (χ4n) is 1.44. The molecule has 0 bridgehead atoms. The lowest BCUT2D eigenvalue weighted by atomic mass is 10.3. The topological polar surface area (TPSA) is 73.1 Å². The summed E-state index contributed by atoms with van der Waals surface area (Å²) in [6.45, 7) is 2.28. The average Bonchev–Trinajstić information content (AvgIpc) is 2.39. The minimum absolute atomic E-state index is 0.0164. The predicted octanol–water partition coefficient (Wildman–Crippen LogP) is 2.99. The number of nitrogen functional groups attached to an aromatic ring is 1. The van der Waals surface area contributed by atoms with Crippen LogP contribution in [-0.4, -0.2) is 16.6 Å². The molecule has 0 saturated heterocycles. The first kappa shape index (κ1) is 13.4. The smallest absolute Gasteiger partial charge is 0.242 e. The van der Waals surface area contributed by atoms with Gasteiger partial charge in [-0.1, -0.05) is 11.6 Å². The van der Waals surface area contributed by atoms with E-state index in [1.165, 1.54) is 24.5 Å². The molecule has 0 saturated carbocycles. The average molecular weight is 283 g/mol. The molecule has 7 heteroatoms. The van der Waals surface area contributed by atoms with Crippen molar-refractivity contribution in [3.63, 3.8) is 0 Å². The molecule has 1 heterocycles. The van der Waals surface area contributed by atoms with Gasteiger partial charge in [0.1, 0.15) is 17.8 Å². The molecule has 0 radical (unpaired) electrons. The van der Waals surface area contributed by atoms with E-state index in [-0.39, 0.29) is 10.7 Å². The summed E-state index contributed by atoms with van der Waals surface area (Å²) < 4.78 is 18.3. The third-order valence-corrected chi connectivity index (χ3v) is 2.60. The Balaban J connectivity index is 2.27. The van der Waals surface area contributed by atoms with Crippen LogP contribution < -0.4 is 15.8 Å². The van der Waals surface area contributed by atoms with Crippen molar-refractivity contribution in [2.75, 3.05) is 17.7 Å². The fraction of sp³-hybridized carbons (Fsp3) is 0.167. The number of hydrogen-bond donors (Lipinski definition) is 2. The molecule has 0 aliphatic rings. The molecule has 0 fully saturated rings. The molecule has 0 atom stereocenters. The number of nitrogens with two attached hydrogens (primary N) is 1. The van der Waals surface area contributed by atoms with Crippen molar-refractivity contribution in [2.45, 2.75) is 6.92 Å². The molecule has 0 amide bonds. The molecule has 5 nitrogen and oxygen atoms in total. The molecule has 2 rings (SSSR count). The first-order valence-corrected chi connectivity index (χ1v) is 5.95. The third kappa shape index (κ3) is 3.03. The molecule has 19 heavy (non-hydrogen) atoms. The van der Waals surface area contributed by atoms with Crippen molar-refractivity contribution in [1.29, 1.82) is 0 Å². The molecule has 100 valence electrons. The Morgan fingerprint density at radius 3 is 2.89 bits per heavy atom. The number of ether oxygens (including phenoxy) is 1. The normalized spacial score (nSPS) is 10.3. The maximum Gasteiger partial charge on any atom is 0.242 e. The molecule has 1 aromatic heterocycles. The van der Waals surface area contributed by atoms with E-state index >= 15 is 0 Å². The standard InChI is InChI=1S/C12H12ClFN4O/c1-2-19-12-10(15)11(16-6-17-12)18-7-3-4-9(14)8(13)5-7/h3-6H,2,15H2,1H3,(H,16,17,18). The summed E-state index contributed by atoms with van der Waals surface area (Å²) in [6.07, 6.45) is 1.33. The molecular weight excluding hydrogens is 271 g/mol. The van der Waals surface area contributed by atoms with Gasteiger partial charge in [-0.25, -0.2) is 9.37 Å². The van der Waals surface area contributed by atoms with Crippen molar-refractivity contribution < 1.29 is 9.13 Å². The second-order valence-corrected chi connectivity index (χ2v) is 4.04. The monoisotopic (exact) mass is 282 g/mol. The van der Waals surface area contributed by atoms with Crippen LogP contribution in [-0.2, 0) is 0 Å². The minimum atomic E-state index is -0.488. The van der Waals surface area contributed by atoms with Gasteiger partial charge in [-0.3, -0.25) is 0 Å². The third-order valence-electron chi connectivity index (χ3n) is 2.31. The Morgan fingerprint density at radius 2 is 2.21 bits per heavy atom. The van der Waals surface area contributed by atoms with E-state index in [1.54, 1.807) is 0 Å². The van der Waals surface area contributed by atoms with Crippen molar-refractivity contribution in [1.82, 2.24) is 9.97 Å². The highest BCUT2D eigenvalue weighted by molar-refractivity contribution is 6.31. The fourth-order valence-corrected chi connectivity index (χ4v) is 1.62. The van der Waals surface area contributed by atoms with Gasteiger partial charge in [0.05, 0.1) is 11.6 Å². The van der Waals surface area contributed by atoms with Crippen molar-refractivity contribution in [3.8, 4) is 5.88 Å². The second-order valence-electron chi connectivity index (χ2n) is 3.63. The van der Waals surface area contributed by atoms with Gasteiger partial charge < -0.3 is 15.8 Å². The van der Waals surface area contributed by atoms with Crippen LogP contribution in [0, 0.1) is 5.82 Å². The first-order chi connectivity index (χ1) is 9.11. The number of halogens is 2. The Kier molecular flexibility index (Phi) is 4.01. The van der Waals surface area contributed by atoms with Gasteiger partial charge in [0.25, 0.3) is 0 Å². The lowest BCUT2D eigenvalue weighted by Gasteiger charge is -2.11. The van der Waals surface area contributed by atoms with E-state index in [0.717, 1.165) is 0 Å². The van der Waals surface area contributed by atoms with Crippen LogP contribution in [0.2, 0.25) is 5.02 Å². The Morgan fingerprint density at radius 1 is 1.42 bits per heavy atom. The first-order valence-electron chi connectivity index (χ1n) is 5.57.